The molecule has 0 bridgehead atoms. The molecule has 43 heavy (non-hydrogen) atoms. The van der Waals surface area contributed by atoms with Crippen LogP contribution in [-0.4, -0.2) is 23.0 Å². The number of amides is 3. The van der Waals surface area contributed by atoms with Crippen molar-refractivity contribution in [2.45, 2.75) is 13.8 Å². The molecule has 11 heteroatoms. The number of carbonyl (C=O) groups is 4. The van der Waals surface area contributed by atoms with Gasteiger partial charge in [-0.05, 0) is 97.2 Å². The molecule has 0 radical (unpaired) electrons. The first-order valence-electron chi connectivity index (χ1n) is 12.5. The molecule has 0 spiro atoms. The lowest BCUT2D eigenvalue weighted by Crippen LogP contribution is -2.41. The fraction of sp³-hybridized carbons (Fsp3) is 0.0625. The first-order valence-corrected chi connectivity index (χ1v) is 12.9. The quantitative estimate of drug-likeness (QED) is 0.116. The molecule has 3 amide bonds. The van der Waals surface area contributed by atoms with Crippen LogP contribution < -0.4 is 22.1 Å². The molecule has 4 rings (SSSR count). The highest BCUT2D eigenvalue weighted by Gasteiger charge is 2.10. The minimum Gasteiger partial charge on any atom is -0.290 e. The van der Waals surface area contributed by atoms with E-state index in [1.807, 2.05) is 50.3 Å². The predicted molar refractivity (Wildman–Crippen MR) is 161 cm³/mol. The average Bonchev–Trinajstić information content (AvgIpc) is 3.04. The molecule has 4 aromatic rings. The van der Waals surface area contributed by atoms with E-state index in [-0.39, 0.29) is 11.8 Å². The van der Waals surface area contributed by atoms with Gasteiger partial charge in [0, 0.05) is 22.3 Å². The molecule has 0 aliphatic rings. The number of hydrogen-bond donors (Lipinski definition) is 4. The Balaban J connectivity index is 0.000000247. The Bertz CT molecular complexity index is 1670. The van der Waals surface area contributed by atoms with Crippen LogP contribution >= 0.6 is 11.6 Å². The lowest BCUT2D eigenvalue weighted by molar-refractivity contribution is 0.0846. The Morgan fingerprint density at radius 3 is 1.40 bits per heavy atom. The highest BCUT2D eigenvalue weighted by molar-refractivity contribution is 6.67. The van der Waals surface area contributed by atoms with Gasteiger partial charge in [-0.25, -0.2) is 5.84 Å². The fourth-order valence-electron chi connectivity index (χ4n) is 3.36. The van der Waals surface area contributed by atoms with Crippen LogP contribution in [0.5, 0.6) is 0 Å². The third-order valence-electron chi connectivity index (χ3n) is 5.72. The van der Waals surface area contributed by atoms with E-state index in [0.29, 0.717) is 33.4 Å². The topological polar surface area (TPSA) is 178 Å². The van der Waals surface area contributed by atoms with Crippen molar-refractivity contribution in [3.8, 4) is 12.1 Å². The van der Waals surface area contributed by atoms with Gasteiger partial charge >= 0.3 is 0 Å². The lowest BCUT2D eigenvalue weighted by Gasteiger charge is -2.09. The number of nitriles is 2. The number of nitrogen functional groups attached to an aromatic ring is 1. The van der Waals surface area contributed by atoms with E-state index in [1.54, 1.807) is 36.4 Å². The minimum atomic E-state index is -0.505. The van der Waals surface area contributed by atoms with Crippen molar-refractivity contribution in [1.29, 1.82) is 10.5 Å². The van der Waals surface area contributed by atoms with Gasteiger partial charge in [0.15, 0.2) is 0 Å². The van der Waals surface area contributed by atoms with Gasteiger partial charge < -0.3 is 0 Å². The Morgan fingerprint density at radius 1 is 0.605 bits per heavy atom. The second-order valence-electron chi connectivity index (χ2n) is 8.66. The smallest absolute Gasteiger partial charge is 0.269 e. The van der Waals surface area contributed by atoms with E-state index in [2.05, 4.69) is 16.3 Å². The SMILES string of the molecule is Cc1ccccc1C(=O)NN.Cc1ccccc1C(=O)NNC(=O)c1ccc(C#N)cc1.N#Cc1ccc(C(=O)Cl)cc1. The zero-order valence-electron chi connectivity index (χ0n) is 23.2. The normalized spacial score (nSPS) is 9.26. The summed E-state index contributed by atoms with van der Waals surface area (Å²) in [6.45, 7) is 3.68. The third kappa shape index (κ3) is 10.6. The van der Waals surface area contributed by atoms with Crippen molar-refractivity contribution >= 4 is 34.6 Å². The van der Waals surface area contributed by atoms with Crippen molar-refractivity contribution in [2.24, 2.45) is 5.84 Å². The zero-order chi connectivity index (χ0) is 31.8. The van der Waals surface area contributed by atoms with Gasteiger partial charge in [0.25, 0.3) is 23.0 Å². The van der Waals surface area contributed by atoms with Crippen molar-refractivity contribution in [3.05, 3.63) is 142 Å². The number of aryl methyl sites for hydroxylation is 2. The van der Waals surface area contributed by atoms with E-state index < -0.39 is 11.1 Å². The van der Waals surface area contributed by atoms with Crippen LogP contribution in [0, 0.1) is 36.5 Å². The van der Waals surface area contributed by atoms with Gasteiger partial charge in [-0.3, -0.25) is 35.5 Å². The summed E-state index contributed by atoms with van der Waals surface area (Å²) in [5.41, 5.74) is 11.4. The summed E-state index contributed by atoms with van der Waals surface area (Å²) in [7, 11) is 0. The lowest BCUT2D eigenvalue weighted by atomic mass is 10.1. The number of benzene rings is 4. The molecule has 5 N–H and O–H groups in total. The number of nitrogens with two attached hydrogens (primary N) is 1. The molecular formula is C32H27ClN6O4. The van der Waals surface area contributed by atoms with Crippen LogP contribution in [0.15, 0.2) is 97.1 Å². The van der Waals surface area contributed by atoms with Gasteiger partial charge in [0.05, 0.1) is 23.3 Å². The average molecular weight is 595 g/mol. The number of nitrogens with zero attached hydrogens (tertiary/aromatic N) is 2. The molecule has 0 unspecified atom stereocenters. The molecule has 0 saturated heterocycles. The monoisotopic (exact) mass is 594 g/mol. The summed E-state index contributed by atoms with van der Waals surface area (Å²) in [4.78, 5) is 45.3. The minimum absolute atomic E-state index is 0.247. The van der Waals surface area contributed by atoms with Gasteiger partial charge in [-0.1, -0.05) is 36.4 Å². The fourth-order valence-corrected chi connectivity index (χ4v) is 3.48. The molecule has 0 atom stereocenters. The van der Waals surface area contributed by atoms with Crippen molar-refractivity contribution < 1.29 is 19.2 Å². The zero-order valence-corrected chi connectivity index (χ0v) is 24.0. The number of rotatable bonds is 4. The summed E-state index contributed by atoms with van der Waals surface area (Å²) in [5, 5.41) is 16.6. The summed E-state index contributed by atoms with van der Waals surface area (Å²) >= 11 is 5.18. The number of carbonyl (C=O) groups excluding carboxylic acids is 4. The summed E-state index contributed by atoms with van der Waals surface area (Å²) in [6, 6.07) is 30.5. The van der Waals surface area contributed by atoms with E-state index in [4.69, 9.17) is 28.0 Å². The Morgan fingerprint density at radius 2 is 1.00 bits per heavy atom. The maximum absolute atomic E-state index is 11.9. The first kappa shape index (κ1) is 33.4. The largest absolute Gasteiger partial charge is 0.290 e. The van der Waals surface area contributed by atoms with Gasteiger partial charge in [-0.2, -0.15) is 10.5 Å². The molecule has 0 aliphatic heterocycles. The van der Waals surface area contributed by atoms with Crippen LogP contribution in [0.3, 0.4) is 0 Å². The Labute approximate surface area is 253 Å². The molecule has 4 aromatic carbocycles. The van der Waals surface area contributed by atoms with E-state index in [1.165, 1.54) is 36.4 Å². The van der Waals surface area contributed by atoms with Gasteiger partial charge in [-0.15, -0.1) is 0 Å². The van der Waals surface area contributed by atoms with E-state index in [9.17, 15) is 19.2 Å². The Kier molecular flexibility index (Phi) is 13.3. The number of nitrogens with one attached hydrogen (secondary N) is 3. The van der Waals surface area contributed by atoms with Crippen LogP contribution in [0.1, 0.15) is 63.7 Å². The van der Waals surface area contributed by atoms with Crippen LogP contribution in [-0.2, 0) is 0 Å². The number of hydrazine groups is 2. The van der Waals surface area contributed by atoms with Crippen molar-refractivity contribution in [2.75, 3.05) is 0 Å². The molecule has 0 aromatic heterocycles. The number of hydrogen-bond acceptors (Lipinski definition) is 7. The van der Waals surface area contributed by atoms with E-state index >= 15 is 0 Å². The van der Waals surface area contributed by atoms with Crippen LogP contribution in [0.4, 0.5) is 0 Å². The molecular weight excluding hydrogens is 568 g/mol. The molecule has 0 heterocycles. The first-order chi connectivity index (χ1) is 20.6. The highest BCUT2D eigenvalue weighted by atomic mass is 35.5. The second kappa shape index (κ2) is 17.1. The Hall–Kier alpha value is -5.81. The maximum Gasteiger partial charge on any atom is 0.269 e. The van der Waals surface area contributed by atoms with Crippen LogP contribution in [0.25, 0.3) is 0 Å². The highest BCUT2D eigenvalue weighted by Crippen LogP contribution is 2.08. The molecule has 10 nitrogen and oxygen atoms in total. The van der Waals surface area contributed by atoms with E-state index in [0.717, 1.165) is 11.1 Å². The van der Waals surface area contributed by atoms with Crippen molar-refractivity contribution in [3.63, 3.8) is 0 Å². The predicted octanol–water partition coefficient (Wildman–Crippen LogP) is 4.48. The summed E-state index contributed by atoms with van der Waals surface area (Å²) in [6.07, 6.45) is 0. The standard InChI is InChI=1S/C16H13N3O2.C8H4ClNO.C8H10N2O/c1-11-4-2-3-5-14(11)16(21)19-18-15(20)13-8-6-12(10-17)7-9-13;9-8(11)7-3-1-6(5-10)2-4-7;1-6-4-2-3-5-7(6)8(11)10-9/h2-9H,1H3,(H,18,20)(H,19,21);1-4H;2-5H,9H2,1H3,(H,10,11). The van der Waals surface area contributed by atoms with Crippen LogP contribution in [0.2, 0.25) is 0 Å². The number of halogens is 1. The summed E-state index contributed by atoms with van der Waals surface area (Å²) < 4.78 is 0. The molecule has 216 valence electrons. The molecule has 0 saturated carbocycles. The van der Waals surface area contributed by atoms with Gasteiger partial charge in [0.2, 0.25) is 0 Å². The van der Waals surface area contributed by atoms with Gasteiger partial charge in [0.1, 0.15) is 0 Å². The maximum atomic E-state index is 11.9. The second-order valence-corrected chi connectivity index (χ2v) is 9.01. The molecule has 0 fully saturated rings. The van der Waals surface area contributed by atoms with Crippen molar-refractivity contribution in [1.82, 2.24) is 16.3 Å². The molecule has 0 aliphatic carbocycles. The summed E-state index contributed by atoms with van der Waals surface area (Å²) in [5.74, 6) is 3.90. The third-order valence-corrected chi connectivity index (χ3v) is 5.94.